The Bertz CT molecular complexity index is 399. The highest BCUT2D eigenvalue weighted by Gasteiger charge is 2.09. The van der Waals surface area contributed by atoms with Gasteiger partial charge in [-0.05, 0) is 24.6 Å². The highest BCUT2D eigenvalue weighted by molar-refractivity contribution is 5.50. The van der Waals surface area contributed by atoms with Crippen LogP contribution in [0.3, 0.4) is 0 Å². The summed E-state index contributed by atoms with van der Waals surface area (Å²) in [6.45, 7) is 2.07. The van der Waals surface area contributed by atoms with Crippen molar-refractivity contribution in [2.75, 3.05) is 5.32 Å². The number of rotatable bonds is 2. The van der Waals surface area contributed by atoms with Gasteiger partial charge in [-0.1, -0.05) is 48.6 Å². The quantitative estimate of drug-likeness (QED) is 0.764. The zero-order chi connectivity index (χ0) is 10.5. The van der Waals surface area contributed by atoms with Gasteiger partial charge in [-0.25, -0.2) is 0 Å². The van der Waals surface area contributed by atoms with Gasteiger partial charge in [0.25, 0.3) is 0 Å². The Morgan fingerprint density at radius 2 is 1.93 bits per heavy atom. The first kappa shape index (κ1) is 9.78. The minimum absolute atomic E-state index is 0.294. The second-order valence-electron chi connectivity index (χ2n) is 3.52. The summed E-state index contributed by atoms with van der Waals surface area (Å²) in [5.41, 5.74) is 2.46. The summed E-state index contributed by atoms with van der Waals surface area (Å²) in [4.78, 5) is 0. The highest BCUT2D eigenvalue weighted by atomic mass is 14.9. The first-order valence-electron chi connectivity index (χ1n) is 5.23. The van der Waals surface area contributed by atoms with Gasteiger partial charge < -0.3 is 5.32 Å². The number of allylic oxidation sites excluding steroid dienone is 3. The third-order valence-electron chi connectivity index (χ3n) is 2.49. The molecule has 1 atom stereocenters. The van der Waals surface area contributed by atoms with E-state index in [1.165, 1.54) is 5.57 Å². The van der Waals surface area contributed by atoms with Crippen molar-refractivity contribution in [2.45, 2.75) is 13.0 Å². The van der Waals surface area contributed by atoms with E-state index in [9.17, 15) is 0 Å². The van der Waals surface area contributed by atoms with Gasteiger partial charge >= 0.3 is 0 Å². The Hall–Kier alpha value is -1.76. The molecule has 0 aliphatic heterocycles. The lowest BCUT2D eigenvalue weighted by Crippen LogP contribution is -2.19. The first-order chi connectivity index (χ1) is 7.40. The van der Waals surface area contributed by atoms with Crippen molar-refractivity contribution in [2.24, 2.45) is 0 Å². The zero-order valence-electron chi connectivity index (χ0n) is 8.85. The molecule has 1 heteroatoms. The smallest absolute Gasteiger partial charge is 0.0697 e. The third-order valence-corrected chi connectivity index (χ3v) is 2.49. The van der Waals surface area contributed by atoms with Crippen LogP contribution in [0.25, 0.3) is 0 Å². The second kappa shape index (κ2) is 4.65. The fourth-order valence-corrected chi connectivity index (χ4v) is 1.68. The maximum Gasteiger partial charge on any atom is 0.0697 e. The number of hydrogen-bond acceptors (Lipinski definition) is 1. The molecule has 15 heavy (non-hydrogen) atoms. The van der Waals surface area contributed by atoms with E-state index >= 15 is 0 Å². The molecule has 1 N–H and O–H groups in total. The molecule has 1 aromatic carbocycles. The summed E-state index contributed by atoms with van der Waals surface area (Å²) in [6, 6.07) is 10.6. The van der Waals surface area contributed by atoms with Crippen LogP contribution < -0.4 is 5.32 Å². The number of nitrogens with one attached hydrogen (secondary N) is 1. The molecular formula is C14H15N. The van der Waals surface area contributed by atoms with Gasteiger partial charge in [-0.2, -0.15) is 0 Å². The van der Waals surface area contributed by atoms with Gasteiger partial charge in [0, 0.05) is 5.69 Å². The van der Waals surface area contributed by atoms with Crippen LogP contribution in [0, 0.1) is 0 Å². The molecule has 1 nitrogen and oxygen atoms in total. The van der Waals surface area contributed by atoms with Crippen molar-refractivity contribution in [3.05, 3.63) is 66.3 Å². The molecule has 1 aliphatic rings. The summed E-state index contributed by atoms with van der Waals surface area (Å²) in [5, 5.41) is 3.48. The molecule has 0 amide bonds. The summed E-state index contributed by atoms with van der Waals surface area (Å²) < 4.78 is 0. The van der Waals surface area contributed by atoms with E-state index in [1.807, 2.05) is 18.2 Å². The molecule has 0 fully saturated rings. The third kappa shape index (κ3) is 2.38. The molecule has 0 aromatic heterocycles. The monoisotopic (exact) mass is 197 g/mol. The lowest BCUT2D eigenvalue weighted by Gasteiger charge is -2.19. The molecule has 0 radical (unpaired) electrons. The summed E-state index contributed by atoms with van der Waals surface area (Å²) in [7, 11) is 0. The van der Waals surface area contributed by atoms with Gasteiger partial charge in [-0.15, -0.1) is 0 Å². The van der Waals surface area contributed by atoms with Crippen LogP contribution in [-0.2, 0) is 0 Å². The lowest BCUT2D eigenvalue weighted by molar-refractivity contribution is 1.04. The molecule has 0 bridgehead atoms. The maximum atomic E-state index is 3.48. The standard InChI is InChI=1S/C14H15N/c1-2-12-8-6-7-11-14(12)15-13-9-4-3-5-10-13/h2-11,14-15H,1H3. The van der Waals surface area contributed by atoms with Crippen molar-refractivity contribution >= 4 is 5.69 Å². The van der Waals surface area contributed by atoms with Crippen LogP contribution in [0.4, 0.5) is 5.69 Å². The molecular weight excluding hydrogens is 182 g/mol. The Balaban J connectivity index is 2.13. The van der Waals surface area contributed by atoms with Gasteiger partial charge in [0.15, 0.2) is 0 Å². The van der Waals surface area contributed by atoms with Crippen molar-refractivity contribution in [3.8, 4) is 0 Å². The average molecular weight is 197 g/mol. The SMILES string of the molecule is CC=C1C=CC=CC1Nc1ccccc1. The van der Waals surface area contributed by atoms with Gasteiger partial charge in [0.05, 0.1) is 6.04 Å². The molecule has 0 saturated heterocycles. The maximum absolute atomic E-state index is 3.48. The summed E-state index contributed by atoms with van der Waals surface area (Å²) in [5.74, 6) is 0. The van der Waals surface area contributed by atoms with Crippen molar-refractivity contribution in [1.82, 2.24) is 0 Å². The van der Waals surface area contributed by atoms with E-state index in [-0.39, 0.29) is 0 Å². The Morgan fingerprint density at radius 1 is 1.13 bits per heavy atom. The minimum atomic E-state index is 0.294. The predicted molar refractivity (Wildman–Crippen MR) is 65.9 cm³/mol. The minimum Gasteiger partial charge on any atom is -0.375 e. The molecule has 0 spiro atoms. The van der Waals surface area contributed by atoms with Crippen LogP contribution in [0.5, 0.6) is 0 Å². The summed E-state index contributed by atoms with van der Waals surface area (Å²) >= 11 is 0. The Morgan fingerprint density at radius 3 is 2.67 bits per heavy atom. The number of para-hydroxylation sites is 1. The molecule has 0 heterocycles. The van der Waals surface area contributed by atoms with Crippen molar-refractivity contribution < 1.29 is 0 Å². The van der Waals surface area contributed by atoms with Crippen LogP contribution in [0.15, 0.2) is 66.3 Å². The predicted octanol–water partition coefficient (Wildman–Crippen LogP) is 3.54. The second-order valence-corrected chi connectivity index (χ2v) is 3.52. The average Bonchev–Trinajstić information content (AvgIpc) is 2.31. The number of anilines is 1. The fraction of sp³-hybridized carbons (Fsp3) is 0.143. The molecule has 1 unspecified atom stereocenters. The summed E-state index contributed by atoms with van der Waals surface area (Å²) in [6.07, 6.45) is 10.6. The van der Waals surface area contributed by atoms with Gasteiger partial charge in [0.1, 0.15) is 0 Å². The van der Waals surface area contributed by atoms with Crippen LogP contribution in [0.2, 0.25) is 0 Å². The van der Waals surface area contributed by atoms with Gasteiger partial charge in [-0.3, -0.25) is 0 Å². The van der Waals surface area contributed by atoms with E-state index in [4.69, 9.17) is 0 Å². The van der Waals surface area contributed by atoms with E-state index in [0.29, 0.717) is 6.04 Å². The van der Waals surface area contributed by atoms with Gasteiger partial charge in [0.2, 0.25) is 0 Å². The van der Waals surface area contributed by atoms with Crippen LogP contribution in [-0.4, -0.2) is 6.04 Å². The number of benzene rings is 1. The fourth-order valence-electron chi connectivity index (χ4n) is 1.68. The topological polar surface area (TPSA) is 12.0 Å². The van der Waals surface area contributed by atoms with E-state index in [1.54, 1.807) is 0 Å². The van der Waals surface area contributed by atoms with Crippen LogP contribution in [0.1, 0.15) is 6.92 Å². The lowest BCUT2D eigenvalue weighted by atomic mass is 10.0. The van der Waals surface area contributed by atoms with E-state index in [2.05, 4.69) is 54.8 Å². The zero-order valence-corrected chi connectivity index (χ0v) is 8.85. The van der Waals surface area contributed by atoms with Crippen molar-refractivity contribution in [1.29, 1.82) is 0 Å². The molecule has 0 saturated carbocycles. The Labute approximate surface area is 90.8 Å². The molecule has 1 aliphatic carbocycles. The molecule has 2 rings (SSSR count). The Kier molecular flexibility index (Phi) is 3.03. The van der Waals surface area contributed by atoms with E-state index in [0.717, 1.165) is 5.69 Å². The first-order valence-corrected chi connectivity index (χ1v) is 5.23. The largest absolute Gasteiger partial charge is 0.375 e. The molecule has 1 aromatic rings. The van der Waals surface area contributed by atoms with Crippen LogP contribution >= 0.6 is 0 Å². The number of hydrogen-bond donors (Lipinski definition) is 1. The normalized spacial score (nSPS) is 21.9. The highest BCUT2D eigenvalue weighted by Crippen LogP contribution is 2.17. The van der Waals surface area contributed by atoms with Crippen molar-refractivity contribution in [3.63, 3.8) is 0 Å². The van der Waals surface area contributed by atoms with E-state index < -0.39 is 0 Å². The molecule has 76 valence electrons.